The zero-order chi connectivity index (χ0) is 67.5. The van der Waals surface area contributed by atoms with Crippen molar-refractivity contribution in [1.29, 1.82) is 0 Å². The predicted octanol–water partition coefficient (Wildman–Crippen LogP) is 12.8. The second-order valence-corrected chi connectivity index (χ2v) is 22.8. The normalized spacial score (nSPS) is 16.5. The van der Waals surface area contributed by atoms with Gasteiger partial charge in [0.1, 0.15) is 29.9 Å². The fourth-order valence-corrected chi connectivity index (χ4v) is 12.1. The fraction of sp³-hybridized carbons (Fsp3) is 0.273. The number of ether oxygens (including phenoxy) is 4. The molecule has 12 rings (SSSR count). The van der Waals surface area contributed by atoms with Gasteiger partial charge in [0.05, 0.1) is 60.5 Å². The first-order valence-electron chi connectivity index (χ1n) is 31.9. The van der Waals surface area contributed by atoms with Gasteiger partial charge in [-0.15, -0.1) is 0 Å². The molecule has 4 unspecified atom stereocenters. The monoisotopic (exact) mass is 1280 g/mol. The number of pyridine rings is 4. The van der Waals surface area contributed by atoms with Gasteiger partial charge in [-0.1, -0.05) is 136 Å². The van der Waals surface area contributed by atoms with Gasteiger partial charge < -0.3 is 38.5 Å². The molecule has 0 bridgehead atoms. The Kier molecular flexibility index (Phi) is 23.7. The molecule has 0 N–H and O–H groups in total. The lowest BCUT2D eigenvalue weighted by atomic mass is 9.93. The van der Waals surface area contributed by atoms with Gasteiger partial charge in [0.2, 0.25) is 5.95 Å². The van der Waals surface area contributed by atoms with E-state index in [0.717, 1.165) is 50.6 Å². The maximum absolute atomic E-state index is 14.1. The lowest BCUT2D eigenvalue weighted by Gasteiger charge is -2.38. The van der Waals surface area contributed by atoms with Crippen LogP contribution in [-0.4, -0.2) is 114 Å². The molecule has 4 aromatic heterocycles. The van der Waals surface area contributed by atoms with Crippen molar-refractivity contribution in [2.24, 2.45) is 0 Å². The zero-order valence-electron chi connectivity index (χ0n) is 54.5. The van der Waals surface area contributed by atoms with E-state index in [1.165, 1.54) is 46.8 Å². The van der Waals surface area contributed by atoms with E-state index in [-0.39, 0.29) is 41.7 Å². The van der Waals surface area contributed by atoms with Crippen LogP contribution in [0, 0.1) is 18.7 Å². The first-order chi connectivity index (χ1) is 46.0. The number of halogens is 2. The smallest absolute Gasteiger partial charge is 0.329 e. The molecule has 0 saturated heterocycles. The number of hydrogen-bond donors (Lipinski definition) is 0. The minimum absolute atomic E-state index is 0.158. The summed E-state index contributed by atoms with van der Waals surface area (Å²) in [4.78, 5) is 74.0. The van der Waals surface area contributed by atoms with E-state index in [1.807, 2.05) is 134 Å². The van der Waals surface area contributed by atoms with Crippen molar-refractivity contribution in [2.45, 2.75) is 111 Å². The largest absolute Gasteiger partial charge is 0.464 e. The van der Waals surface area contributed by atoms with Crippen LogP contribution in [0.1, 0.15) is 100 Å². The third-order valence-corrected chi connectivity index (χ3v) is 17.0. The number of carbonyl (C=O) groups excluding carboxylic acids is 4. The van der Waals surface area contributed by atoms with Crippen LogP contribution in [0.5, 0.6) is 0 Å². The predicted molar refractivity (Wildman–Crippen MR) is 362 cm³/mol. The summed E-state index contributed by atoms with van der Waals surface area (Å²) in [7, 11) is 0. The maximum Gasteiger partial charge on any atom is 0.329 e. The maximum atomic E-state index is 14.1. The molecule has 16 nitrogen and oxygen atoms in total. The molecule has 8 heterocycles. The Balaban J connectivity index is 0.000000149. The Bertz CT molecular complexity index is 3760. The summed E-state index contributed by atoms with van der Waals surface area (Å²) in [5.74, 6) is -2.12. The van der Waals surface area contributed by atoms with Crippen molar-refractivity contribution < 1.29 is 46.9 Å². The minimum atomic E-state index is -0.594. The van der Waals surface area contributed by atoms with E-state index >= 15 is 0 Å². The third-order valence-electron chi connectivity index (χ3n) is 17.0. The fourth-order valence-electron chi connectivity index (χ4n) is 12.1. The van der Waals surface area contributed by atoms with Gasteiger partial charge in [0, 0.05) is 82.3 Å². The first-order valence-corrected chi connectivity index (χ1v) is 31.9. The lowest BCUT2D eigenvalue weighted by Crippen LogP contribution is -2.45. The highest BCUT2D eigenvalue weighted by molar-refractivity contribution is 5.82. The second-order valence-electron chi connectivity index (χ2n) is 22.8. The van der Waals surface area contributed by atoms with E-state index < -0.39 is 23.8 Å². The number of carbonyl (C=O) groups is 4. The minimum Gasteiger partial charge on any atom is -0.464 e. The molecule has 0 spiro atoms. The van der Waals surface area contributed by atoms with Crippen molar-refractivity contribution in [3.63, 3.8) is 0 Å². The Morgan fingerprint density at radius 3 is 1.08 bits per heavy atom. The molecule has 0 aliphatic carbocycles. The van der Waals surface area contributed by atoms with E-state index in [1.54, 1.807) is 48.2 Å². The summed E-state index contributed by atoms with van der Waals surface area (Å²) in [6, 6.07) is 46.2. The summed E-state index contributed by atoms with van der Waals surface area (Å²) in [6.45, 7) is 29.2. The lowest BCUT2D eigenvalue weighted by molar-refractivity contribution is -0.149. The Hall–Kier alpha value is -10.6. The standard InChI is InChI=1S/C20H22N2O2.2C19H19FN2O2.C19H20N2O2/c1-4-24-20(23)18-12-16-9-5-6-10-17(16)13-22(18)15(3)19-14(2)8-7-11-21-19;1-3-24-19(23)17-11-14-7-4-5-8-15(14)12-22(17)13(2)18-16(20)9-6-10-21-18;1-3-24-19(23)17-11-14-7-4-5-8-15(14)12-22(17)13(2)16-9-6-10-21-18(16)20;1-3-23-19(22)18-12-15-8-4-5-9-16(15)13-21(18)14(2)17-10-6-7-11-20-17/h5-11,18H,3-4,12-13H2,1-2H3;2*4-10,17H,2-3,11-12H2,1H3;4-11,18H,2-3,12-13H2,1H3. The zero-order valence-corrected chi connectivity index (χ0v) is 54.5. The number of aryl methyl sites for hydroxylation is 1. The van der Waals surface area contributed by atoms with Crippen molar-refractivity contribution in [1.82, 2.24) is 39.5 Å². The number of aromatic nitrogens is 4. The SMILES string of the molecule is C=C(c1ccccn1)N1Cc2ccccc2CC1C(=O)OCC.C=C(c1cccnc1F)N1Cc2ccccc2CC1C(=O)OCC.C=C(c1ncccc1C)N1Cc2ccccc2CC1C(=O)OCC.C=C(c1ncccc1F)N1Cc2ccccc2CC1C(=O)OCC. The van der Waals surface area contributed by atoms with Gasteiger partial charge in [0.15, 0.2) is 5.82 Å². The van der Waals surface area contributed by atoms with Crippen molar-refractivity contribution in [3.05, 3.63) is 287 Å². The number of fused-ring (bicyclic) bond motifs is 4. The molecule has 0 amide bonds. The van der Waals surface area contributed by atoms with Crippen molar-refractivity contribution in [3.8, 4) is 0 Å². The summed E-state index contributed by atoms with van der Waals surface area (Å²) in [6.07, 6.45) is 8.66. The van der Waals surface area contributed by atoms with Crippen LogP contribution in [-0.2, 0) is 90.0 Å². The van der Waals surface area contributed by atoms with Gasteiger partial charge in [-0.3, -0.25) is 15.0 Å². The highest BCUT2D eigenvalue weighted by Crippen LogP contribution is 2.36. The second kappa shape index (κ2) is 32.8. The average Bonchev–Trinajstić information content (AvgIpc) is 1.11. The molecule has 490 valence electrons. The van der Waals surface area contributed by atoms with Crippen molar-refractivity contribution in [2.75, 3.05) is 26.4 Å². The van der Waals surface area contributed by atoms with Crippen LogP contribution >= 0.6 is 0 Å². The van der Waals surface area contributed by atoms with E-state index in [0.29, 0.717) is 95.2 Å². The molecule has 0 fully saturated rings. The molecule has 95 heavy (non-hydrogen) atoms. The van der Waals surface area contributed by atoms with Crippen LogP contribution in [0.2, 0.25) is 0 Å². The molecular formula is C77H80F2N8O8. The van der Waals surface area contributed by atoms with Crippen LogP contribution in [0.25, 0.3) is 22.8 Å². The van der Waals surface area contributed by atoms with Crippen LogP contribution < -0.4 is 0 Å². The van der Waals surface area contributed by atoms with Gasteiger partial charge in [-0.05, 0) is 127 Å². The molecule has 4 aromatic carbocycles. The first kappa shape index (κ1) is 68.7. The van der Waals surface area contributed by atoms with Crippen molar-refractivity contribution >= 4 is 46.7 Å². The van der Waals surface area contributed by atoms with Gasteiger partial charge in [-0.25, -0.2) is 28.6 Å². The Morgan fingerprint density at radius 2 is 0.716 bits per heavy atom. The van der Waals surface area contributed by atoms with Gasteiger partial charge >= 0.3 is 23.9 Å². The molecule has 0 saturated carbocycles. The highest BCUT2D eigenvalue weighted by Gasteiger charge is 2.38. The molecule has 4 aliphatic heterocycles. The average molecular weight is 1280 g/mol. The molecule has 4 atom stereocenters. The van der Waals surface area contributed by atoms with Gasteiger partial charge in [0.25, 0.3) is 0 Å². The number of hydrogen-bond acceptors (Lipinski definition) is 16. The molecule has 4 aliphatic rings. The van der Waals surface area contributed by atoms with E-state index in [4.69, 9.17) is 18.9 Å². The van der Waals surface area contributed by atoms with E-state index in [2.05, 4.69) is 70.5 Å². The highest BCUT2D eigenvalue weighted by atomic mass is 19.1. The topological polar surface area (TPSA) is 170 Å². The molecule has 0 radical (unpaired) electrons. The molecule has 8 aromatic rings. The third kappa shape index (κ3) is 16.6. The Morgan fingerprint density at radius 1 is 0.389 bits per heavy atom. The summed E-state index contributed by atoms with van der Waals surface area (Å²) < 4.78 is 49.1. The van der Waals surface area contributed by atoms with Gasteiger partial charge in [-0.2, -0.15) is 4.39 Å². The number of esters is 4. The Labute approximate surface area is 554 Å². The molecule has 18 heteroatoms. The van der Waals surface area contributed by atoms with Crippen LogP contribution in [0.3, 0.4) is 0 Å². The quantitative estimate of drug-likeness (QED) is 0.0508. The van der Waals surface area contributed by atoms with Crippen LogP contribution in [0.4, 0.5) is 8.78 Å². The summed E-state index contributed by atoms with van der Waals surface area (Å²) >= 11 is 0. The number of rotatable bonds is 16. The molecular weight excluding hydrogens is 1200 g/mol. The van der Waals surface area contributed by atoms with E-state index in [9.17, 15) is 28.0 Å². The van der Waals surface area contributed by atoms with Crippen LogP contribution in [0.15, 0.2) is 203 Å². The number of benzene rings is 4. The summed E-state index contributed by atoms with van der Waals surface area (Å²) in [5, 5.41) is 0. The number of nitrogens with zero attached hydrogens (tertiary/aromatic N) is 8. The summed E-state index contributed by atoms with van der Waals surface area (Å²) in [5.41, 5.74) is 14.7.